The summed E-state index contributed by atoms with van der Waals surface area (Å²) >= 11 is 1.60. The molecule has 1 N–H and O–H groups in total. The quantitative estimate of drug-likeness (QED) is 0.881. The lowest BCUT2D eigenvalue weighted by Gasteiger charge is -2.32. The topological polar surface area (TPSA) is 60.5 Å². The summed E-state index contributed by atoms with van der Waals surface area (Å²) in [6, 6.07) is 7.69. The minimum absolute atomic E-state index is 0.0152. The van der Waals surface area contributed by atoms with Gasteiger partial charge in [0.2, 0.25) is 5.91 Å². The molecule has 0 radical (unpaired) electrons. The van der Waals surface area contributed by atoms with Crippen molar-refractivity contribution in [2.24, 2.45) is 0 Å². The van der Waals surface area contributed by atoms with Gasteiger partial charge in [0.1, 0.15) is 6.10 Å². The fraction of sp³-hybridized carbons (Fsp3) is 0.412. The number of thiophene rings is 1. The molecule has 122 valence electrons. The number of pyridine rings is 1. The zero-order valence-electron chi connectivity index (χ0n) is 12.8. The molecule has 2 atom stereocenters. The predicted octanol–water partition coefficient (Wildman–Crippen LogP) is 2.18. The van der Waals surface area contributed by atoms with Crippen LogP contribution in [-0.2, 0) is 27.3 Å². The molecule has 0 spiro atoms. The first kappa shape index (κ1) is 16.1. The number of amides is 1. The molecular weight excluding hydrogens is 312 g/mol. The Morgan fingerprint density at radius 2 is 2.39 bits per heavy atom. The van der Waals surface area contributed by atoms with Crippen LogP contribution in [0, 0.1) is 0 Å². The maximum atomic E-state index is 12.2. The normalized spacial score (nSPS) is 21.0. The Balaban J connectivity index is 1.52. The molecule has 0 unspecified atom stereocenters. The number of aromatic nitrogens is 1. The average Bonchev–Trinajstić information content (AvgIpc) is 3.08. The number of hydrogen-bond donors (Lipinski definition) is 1. The molecule has 2 aromatic rings. The Labute approximate surface area is 139 Å². The van der Waals surface area contributed by atoms with E-state index in [1.54, 1.807) is 17.5 Å². The van der Waals surface area contributed by atoms with Gasteiger partial charge in [-0.25, -0.2) is 0 Å². The van der Waals surface area contributed by atoms with Gasteiger partial charge in [-0.15, -0.1) is 0 Å². The molecule has 0 bridgehead atoms. The van der Waals surface area contributed by atoms with E-state index in [0.29, 0.717) is 26.2 Å². The molecule has 3 rings (SSSR count). The minimum Gasteiger partial charge on any atom is -0.379 e. The molecule has 5 nitrogen and oxygen atoms in total. The minimum atomic E-state index is -0.141. The molecule has 0 aromatic carbocycles. The second kappa shape index (κ2) is 8.19. The van der Waals surface area contributed by atoms with Gasteiger partial charge in [0, 0.05) is 12.8 Å². The fourth-order valence-electron chi connectivity index (χ4n) is 2.55. The van der Waals surface area contributed by atoms with Crippen molar-refractivity contribution in [2.45, 2.75) is 31.6 Å². The Hall–Kier alpha value is -1.76. The van der Waals surface area contributed by atoms with Crippen LogP contribution in [0.1, 0.15) is 17.7 Å². The fourth-order valence-corrected chi connectivity index (χ4v) is 3.22. The van der Waals surface area contributed by atoms with E-state index in [1.807, 2.05) is 35.0 Å². The van der Waals surface area contributed by atoms with Crippen molar-refractivity contribution >= 4 is 17.2 Å². The van der Waals surface area contributed by atoms with Crippen LogP contribution >= 0.6 is 11.3 Å². The number of nitrogens with zero attached hydrogens (tertiary/aromatic N) is 1. The third-order valence-corrected chi connectivity index (χ3v) is 4.50. The first-order valence-electron chi connectivity index (χ1n) is 7.71. The molecule has 3 heterocycles. The summed E-state index contributed by atoms with van der Waals surface area (Å²) in [5.41, 5.74) is 1.92. The number of rotatable bonds is 6. The van der Waals surface area contributed by atoms with Crippen LogP contribution in [0.15, 0.2) is 41.2 Å². The summed E-state index contributed by atoms with van der Waals surface area (Å²) < 4.78 is 11.4. The summed E-state index contributed by atoms with van der Waals surface area (Å²) in [5, 5.41) is 7.06. The predicted molar refractivity (Wildman–Crippen MR) is 88.2 cm³/mol. The van der Waals surface area contributed by atoms with Crippen LogP contribution in [-0.4, -0.2) is 36.3 Å². The van der Waals surface area contributed by atoms with Crippen molar-refractivity contribution in [1.82, 2.24) is 10.3 Å². The highest BCUT2D eigenvalue weighted by Gasteiger charge is 2.28. The van der Waals surface area contributed by atoms with Crippen LogP contribution in [0.25, 0.3) is 0 Å². The van der Waals surface area contributed by atoms with E-state index in [9.17, 15) is 4.79 Å². The SMILES string of the molecule is O=C(Cc1ccsc1)N[C@@H]1CCOC[C@H]1OCc1ccccn1. The molecule has 1 aliphatic rings. The van der Waals surface area contributed by atoms with E-state index in [2.05, 4.69) is 10.3 Å². The van der Waals surface area contributed by atoms with Gasteiger partial charge in [-0.2, -0.15) is 11.3 Å². The van der Waals surface area contributed by atoms with Crippen LogP contribution < -0.4 is 5.32 Å². The summed E-state index contributed by atoms with van der Waals surface area (Å²) in [5.74, 6) is 0.0294. The lowest BCUT2D eigenvalue weighted by Crippen LogP contribution is -2.50. The first-order chi connectivity index (χ1) is 11.3. The molecule has 0 saturated carbocycles. The van der Waals surface area contributed by atoms with Crippen LogP contribution in [0.4, 0.5) is 0 Å². The molecule has 0 aliphatic carbocycles. The van der Waals surface area contributed by atoms with Crippen LogP contribution in [0.5, 0.6) is 0 Å². The molecular formula is C17H20N2O3S. The Morgan fingerprint density at radius 3 is 3.17 bits per heavy atom. The van der Waals surface area contributed by atoms with E-state index >= 15 is 0 Å². The van der Waals surface area contributed by atoms with Gasteiger partial charge in [0.25, 0.3) is 0 Å². The summed E-state index contributed by atoms with van der Waals surface area (Å²) in [6.45, 7) is 1.56. The Kier molecular flexibility index (Phi) is 5.74. The number of ether oxygens (including phenoxy) is 2. The van der Waals surface area contributed by atoms with Gasteiger partial charge >= 0.3 is 0 Å². The van der Waals surface area contributed by atoms with Crippen molar-refractivity contribution in [3.63, 3.8) is 0 Å². The second-order valence-electron chi connectivity index (χ2n) is 5.52. The van der Waals surface area contributed by atoms with Gasteiger partial charge in [0.15, 0.2) is 0 Å². The highest BCUT2D eigenvalue weighted by molar-refractivity contribution is 7.07. The van der Waals surface area contributed by atoms with Crippen molar-refractivity contribution in [3.05, 3.63) is 52.5 Å². The van der Waals surface area contributed by atoms with E-state index in [1.165, 1.54) is 0 Å². The van der Waals surface area contributed by atoms with Gasteiger partial charge < -0.3 is 14.8 Å². The highest BCUT2D eigenvalue weighted by Crippen LogP contribution is 2.14. The number of carbonyl (C=O) groups excluding carboxylic acids is 1. The lowest BCUT2D eigenvalue weighted by molar-refractivity contribution is -0.126. The zero-order chi connectivity index (χ0) is 15.9. The lowest BCUT2D eigenvalue weighted by atomic mass is 10.1. The Bertz CT molecular complexity index is 604. The van der Waals surface area contributed by atoms with E-state index in [4.69, 9.17) is 9.47 Å². The molecule has 2 aromatic heterocycles. The largest absolute Gasteiger partial charge is 0.379 e. The third-order valence-electron chi connectivity index (χ3n) is 3.77. The van der Waals surface area contributed by atoms with Crippen molar-refractivity contribution < 1.29 is 14.3 Å². The number of hydrogen-bond acceptors (Lipinski definition) is 5. The van der Waals surface area contributed by atoms with E-state index < -0.39 is 0 Å². The van der Waals surface area contributed by atoms with Crippen LogP contribution in [0.3, 0.4) is 0 Å². The molecule has 23 heavy (non-hydrogen) atoms. The van der Waals surface area contributed by atoms with Gasteiger partial charge in [-0.3, -0.25) is 9.78 Å². The summed E-state index contributed by atoms with van der Waals surface area (Å²) in [4.78, 5) is 16.4. The molecule has 1 fully saturated rings. The van der Waals surface area contributed by atoms with Gasteiger partial charge in [-0.05, 0) is 40.9 Å². The standard InChI is InChI=1S/C17H20N2O3S/c20-17(9-13-5-8-23-12-13)19-15-4-7-21-11-16(15)22-10-14-3-1-2-6-18-14/h1-3,5-6,8,12,15-16H,4,7,9-11H2,(H,19,20)/t15-,16-/m1/s1. The average molecular weight is 332 g/mol. The van der Waals surface area contributed by atoms with Crippen LogP contribution in [0.2, 0.25) is 0 Å². The highest BCUT2D eigenvalue weighted by atomic mass is 32.1. The summed E-state index contributed by atoms with van der Waals surface area (Å²) in [7, 11) is 0. The molecule has 1 amide bonds. The summed E-state index contributed by atoms with van der Waals surface area (Å²) in [6.07, 6.45) is 2.78. The van der Waals surface area contributed by atoms with Gasteiger partial charge in [0.05, 0.1) is 31.4 Å². The smallest absolute Gasteiger partial charge is 0.224 e. The maximum absolute atomic E-state index is 12.2. The Morgan fingerprint density at radius 1 is 1.43 bits per heavy atom. The third kappa shape index (κ3) is 4.86. The first-order valence-corrected chi connectivity index (χ1v) is 8.65. The van der Waals surface area contributed by atoms with Crippen molar-refractivity contribution in [1.29, 1.82) is 0 Å². The number of carbonyl (C=O) groups is 1. The second-order valence-corrected chi connectivity index (χ2v) is 6.30. The van der Waals surface area contributed by atoms with E-state index in [0.717, 1.165) is 17.7 Å². The zero-order valence-corrected chi connectivity index (χ0v) is 13.6. The molecule has 1 saturated heterocycles. The molecule has 1 aliphatic heterocycles. The number of nitrogens with one attached hydrogen (secondary N) is 1. The van der Waals surface area contributed by atoms with E-state index in [-0.39, 0.29) is 18.1 Å². The van der Waals surface area contributed by atoms with Crippen molar-refractivity contribution in [3.8, 4) is 0 Å². The monoisotopic (exact) mass is 332 g/mol. The maximum Gasteiger partial charge on any atom is 0.224 e. The van der Waals surface area contributed by atoms with Gasteiger partial charge in [-0.1, -0.05) is 6.07 Å². The molecule has 6 heteroatoms. The van der Waals surface area contributed by atoms with Crippen molar-refractivity contribution in [2.75, 3.05) is 13.2 Å².